The van der Waals surface area contributed by atoms with E-state index >= 15 is 0 Å². The lowest BCUT2D eigenvalue weighted by atomic mass is 9.92. The van der Waals surface area contributed by atoms with E-state index in [1.165, 1.54) is 76.0 Å². The Hall–Kier alpha value is -7.16. The van der Waals surface area contributed by atoms with E-state index in [1.807, 2.05) is 0 Å². The van der Waals surface area contributed by atoms with Crippen LogP contribution in [0.1, 0.15) is 0 Å². The van der Waals surface area contributed by atoms with Crippen LogP contribution in [0, 0.1) is 0 Å². The summed E-state index contributed by atoms with van der Waals surface area (Å²) in [6, 6.07) is 75.4. The molecule has 0 N–H and O–H groups in total. The standard InChI is InChI=1S/C52H34N2/c1-2-19-40(20-3-1)54-49-26-11-10-25-47(49)52-50(54)34-37-16-6-9-24-46(37)51(52)39-18-12-21-41(33-39)53(48-27-13-17-35-14-5-8-23-45(35)48)42-30-31-44-38(32-42)29-28-36-15-4-7-22-43(36)44/h1-34H. The molecule has 0 aliphatic carbocycles. The van der Waals surface area contributed by atoms with Crippen molar-refractivity contribution < 1.29 is 0 Å². The van der Waals surface area contributed by atoms with Gasteiger partial charge >= 0.3 is 0 Å². The number of benzene rings is 10. The Balaban J connectivity index is 1.20. The molecule has 10 aromatic carbocycles. The second kappa shape index (κ2) is 12.2. The summed E-state index contributed by atoms with van der Waals surface area (Å²) in [5, 5.41) is 12.4. The molecule has 11 aromatic rings. The molecule has 0 aliphatic rings. The van der Waals surface area contributed by atoms with Gasteiger partial charge in [-0.3, -0.25) is 0 Å². The Morgan fingerprint density at radius 3 is 1.78 bits per heavy atom. The molecule has 54 heavy (non-hydrogen) atoms. The average Bonchev–Trinajstić information content (AvgIpc) is 3.57. The Morgan fingerprint density at radius 1 is 0.333 bits per heavy atom. The van der Waals surface area contributed by atoms with E-state index < -0.39 is 0 Å². The highest BCUT2D eigenvalue weighted by Crippen LogP contribution is 2.46. The zero-order valence-electron chi connectivity index (χ0n) is 29.5. The van der Waals surface area contributed by atoms with Gasteiger partial charge in [0.2, 0.25) is 0 Å². The molecular formula is C52H34N2. The Morgan fingerprint density at radius 2 is 0.926 bits per heavy atom. The predicted molar refractivity (Wildman–Crippen MR) is 231 cm³/mol. The van der Waals surface area contributed by atoms with Crippen LogP contribution in [-0.4, -0.2) is 4.57 Å². The number of hydrogen-bond acceptors (Lipinski definition) is 1. The first-order chi connectivity index (χ1) is 26.8. The van der Waals surface area contributed by atoms with Gasteiger partial charge in [0.05, 0.1) is 16.7 Å². The third kappa shape index (κ3) is 4.74. The van der Waals surface area contributed by atoms with E-state index in [0.717, 1.165) is 22.7 Å². The number of para-hydroxylation sites is 2. The van der Waals surface area contributed by atoms with E-state index in [9.17, 15) is 0 Å². The van der Waals surface area contributed by atoms with E-state index in [-0.39, 0.29) is 0 Å². The number of hydrogen-bond donors (Lipinski definition) is 0. The van der Waals surface area contributed by atoms with Gasteiger partial charge in [0.25, 0.3) is 0 Å². The maximum Gasteiger partial charge on any atom is 0.0553 e. The predicted octanol–water partition coefficient (Wildman–Crippen LogP) is 14.5. The lowest BCUT2D eigenvalue weighted by Gasteiger charge is -2.28. The van der Waals surface area contributed by atoms with Gasteiger partial charge in [0.15, 0.2) is 0 Å². The minimum absolute atomic E-state index is 1.11. The van der Waals surface area contributed by atoms with Crippen LogP contribution in [0.5, 0.6) is 0 Å². The zero-order chi connectivity index (χ0) is 35.6. The quantitative estimate of drug-likeness (QED) is 0.164. The fourth-order valence-electron chi connectivity index (χ4n) is 8.72. The van der Waals surface area contributed by atoms with Gasteiger partial charge in [-0.15, -0.1) is 0 Å². The molecular weight excluding hydrogens is 653 g/mol. The molecule has 252 valence electrons. The van der Waals surface area contributed by atoms with Gasteiger partial charge < -0.3 is 9.47 Å². The summed E-state index contributed by atoms with van der Waals surface area (Å²) in [4.78, 5) is 2.44. The molecule has 0 spiro atoms. The second-order valence-electron chi connectivity index (χ2n) is 14.1. The molecule has 0 saturated heterocycles. The molecule has 11 rings (SSSR count). The summed E-state index contributed by atoms with van der Waals surface area (Å²) >= 11 is 0. The topological polar surface area (TPSA) is 8.17 Å². The number of aromatic nitrogens is 1. The molecule has 0 radical (unpaired) electrons. The Labute approximate surface area is 313 Å². The van der Waals surface area contributed by atoms with Crippen molar-refractivity contribution in [3.63, 3.8) is 0 Å². The first-order valence-corrected chi connectivity index (χ1v) is 18.6. The first-order valence-electron chi connectivity index (χ1n) is 18.6. The van der Waals surface area contributed by atoms with Crippen molar-refractivity contribution in [2.75, 3.05) is 4.90 Å². The van der Waals surface area contributed by atoms with Crippen LogP contribution < -0.4 is 4.90 Å². The largest absolute Gasteiger partial charge is 0.310 e. The fourth-order valence-corrected chi connectivity index (χ4v) is 8.72. The van der Waals surface area contributed by atoms with Crippen molar-refractivity contribution in [1.29, 1.82) is 0 Å². The molecule has 1 heterocycles. The first kappa shape index (κ1) is 30.5. The second-order valence-corrected chi connectivity index (χ2v) is 14.1. The van der Waals surface area contributed by atoms with Crippen LogP contribution in [0.15, 0.2) is 206 Å². The number of anilines is 3. The number of fused-ring (bicyclic) bond motifs is 8. The van der Waals surface area contributed by atoms with Gasteiger partial charge in [-0.1, -0.05) is 152 Å². The highest BCUT2D eigenvalue weighted by atomic mass is 15.1. The lowest BCUT2D eigenvalue weighted by molar-refractivity contribution is 1.18. The molecule has 1 aromatic heterocycles. The summed E-state index contributed by atoms with van der Waals surface area (Å²) in [6.45, 7) is 0. The van der Waals surface area contributed by atoms with E-state index in [0.29, 0.717) is 0 Å². The molecule has 0 fully saturated rings. The van der Waals surface area contributed by atoms with Crippen molar-refractivity contribution in [3.8, 4) is 16.8 Å². The van der Waals surface area contributed by atoms with Crippen LogP contribution in [0.3, 0.4) is 0 Å². The minimum Gasteiger partial charge on any atom is -0.310 e. The van der Waals surface area contributed by atoms with Crippen LogP contribution in [0.25, 0.3) is 81.7 Å². The van der Waals surface area contributed by atoms with Crippen molar-refractivity contribution in [3.05, 3.63) is 206 Å². The van der Waals surface area contributed by atoms with Crippen LogP contribution in [0.4, 0.5) is 17.1 Å². The summed E-state index contributed by atoms with van der Waals surface area (Å²) in [6.07, 6.45) is 0. The highest BCUT2D eigenvalue weighted by molar-refractivity contribution is 6.23. The lowest BCUT2D eigenvalue weighted by Crippen LogP contribution is -2.10. The van der Waals surface area contributed by atoms with Crippen LogP contribution in [0.2, 0.25) is 0 Å². The maximum atomic E-state index is 2.44. The average molecular weight is 687 g/mol. The van der Waals surface area contributed by atoms with Crippen molar-refractivity contribution in [1.82, 2.24) is 4.57 Å². The summed E-state index contributed by atoms with van der Waals surface area (Å²) < 4.78 is 2.42. The third-order valence-corrected chi connectivity index (χ3v) is 11.1. The SMILES string of the molecule is c1ccc(-n2c3ccccc3c3c(-c4cccc(N(c5ccc6c(ccc7ccccc76)c5)c5cccc6ccccc56)c4)c4ccccc4cc32)cc1. The van der Waals surface area contributed by atoms with E-state index in [1.54, 1.807) is 0 Å². The number of nitrogens with zero attached hydrogens (tertiary/aromatic N) is 2. The van der Waals surface area contributed by atoms with E-state index in [4.69, 9.17) is 0 Å². The highest BCUT2D eigenvalue weighted by Gasteiger charge is 2.21. The van der Waals surface area contributed by atoms with Crippen molar-refractivity contribution >= 4 is 82.0 Å². The monoisotopic (exact) mass is 686 g/mol. The van der Waals surface area contributed by atoms with E-state index in [2.05, 4.69) is 216 Å². The fraction of sp³-hybridized carbons (Fsp3) is 0. The van der Waals surface area contributed by atoms with Gasteiger partial charge in [0, 0.05) is 33.2 Å². The molecule has 0 aliphatic heterocycles. The normalized spacial score (nSPS) is 11.7. The molecule has 0 bridgehead atoms. The summed E-state index contributed by atoms with van der Waals surface area (Å²) in [5.74, 6) is 0. The Bertz CT molecular complexity index is 3220. The van der Waals surface area contributed by atoms with Crippen molar-refractivity contribution in [2.45, 2.75) is 0 Å². The minimum atomic E-state index is 1.11. The molecule has 0 amide bonds. The smallest absolute Gasteiger partial charge is 0.0553 e. The molecule has 0 saturated carbocycles. The summed E-state index contributed by atoms with van der Waals surface area (Å²) in [7, 11) is 0. The van der Waals surface area contributed by atoms with Gasteiger partial charge in [0.1, 0.15) is 0 Å². The van der Waals surface area contributed by atoms with Crippen LogP contribution in [-0.2, 0) is 0 Å². The van der Waals surface area contributed by atoms with Gasteiger partial charge in [-0.2, -0.15) is 0 Å². The van der Waals surface area contributed by atoms with Crippen molar-refractivity contribution in [2.24, 2.45) is 0 Å². The molecule has 2 nitrogen and oxygen atoms in total. The van der Waals surface area contributed by atoms with Gasteiger partial charge in [-0.05, 0) is 103 Å². The molecule has 0 unspecified atom stereocenters. The molecule has 0 atom stereocenters. The number of rotatable bonds is 5. The zero-order valence-corrected chi connectivity index (χ0v) is 29.5. The Kier molecular flexibility index (Phi) is 6.90. The maximum absolute atomic E-state index is 2.44. The summed E-state index contributed by atoms with van der Waals surface area (Å²) in [5.41, 5.74) is 9.37. The molecule has 2 heteroatoms. The third-order valence-electron chi connectivity index (χ3n) is 11.1. The van der Waals surface area contributed by atoms with Crippen LogP contribution >= 0.6 is 0 Å². The van der Waals surface area contributed by atoms with Gasteiger partial charge in [-0.25, -0.2) is 0 Å².